The normalized spacial score (nSPS) is 27.7. The summed E-state index contributed by atoms with van der Waals surface area (Å²) in [7, 11) is 0. The van der Waals surface area contributed by atoms with Gasteiger partial charge >= 0.3 is 0 Å². The van der Waals surface area contributed by atoms with Crippen LogP contribution in [0.3, 0.4) is 0 Å². The zero-order chi connectivity index (χ0) is 26.6. The van der Waals surface area contributed by atoms with Crippen LogP contribution in [0, 0.1) is 32.1 Å². The first kappa shape index (κ1) is 27.0. The summed E-state index contributed by atoms with van der Waals surface area (Å²) >= 11 is 0. The minimum atomic E-state index is -0.989. The molecule has 36 heavy (non-hydrogen) atoms. The molecule has 0 fully saturated rings. The highest BCUT2D eigenvalue weighted by Crippen LogP contribution is 2.36. The maximum Gasteiger partial charge on any atom is 0.294 e. The van der Waals surface area contributed by atoms with Crippen molar-refractivity contribution >= 4 is 22.5 Å². The molecule has 6 atom stereocenters. The topological polar surface area (TPSA) is 193 Å². The minimum absolute atomic E-state index is 0.0838. The summed E-state index contributed by atoms with van der Waals surface area (Å²) in [6.07, 6.45) is 5.65. The Morgan fingerprint density at radius 3 is 1.42 bits per heavy atom. The van der Waals surface area contributed by atoms with E-state index in [0.29, 0.717) is 35.1 Å². The number of allylic oxidation sites excluding steroid dienone is 2. The van der Waals surface area contributed by atoms with E-state index in [9.17, 15) is 40.7 Å². The van der Waals surface area contributed by atoms with Crippen LogP contribution in [0.5, 0.6) is 0 Å². The number of hydrogen-bond donors (Lipinski definition) is 4. The van der Waals surface area contributed by atoms with Crippen molar-refractivity contribution in [2.75, 3.05) is 0 Å². The van der Waals surface area contributed by atoms with E-state index in [-0.39, 0.29) is 23.2 Å². The van der Waals surface area contributed by atoms with Crippen LogP contribution in [0.2, 0.25) is 0 Å². The van der Waals surface area contributed by atoms with Crippen molar-refractivity contribution in [3.8, 4) is 0 Å². The van der Waals surface area contributed by atoms with Gasteiger partial charge < -0.3 is 20.4 Å². The van der Waals surface area contributed by atoms with E-state index in [2.05, 4.69) is 9.97 Å². The van der Waals surface area contributed by atoms with Crippen LogP contribution in [0.4, 0.5) is 11.4 Å². The van der Waals surface area contributed by atoms with E-state index < -0.39 is 34.3 Å². The number of hydrogen-bond acceptors (Lipinski definition) is 10. The third kappa shape index (κ3) is 5.97. The number of rotatable bonds is 4. The first-order chi connectivity index (χ1) is 17.0. The van der Waals surface area contributed by atoms with E-state index in [1.165, 1.54) is 36.9 Å². The van der Waals surface area contributed by atoms with Gasteiger partial charge in [0.05, 0.1) is 45.4 Å². The highest BCUT2D eigenvalue weighted by Gasteiger charge is 2.31. The van der Waals surface area contributed by atoms with Gasteiger partial charge in [-0.3, -0.25) is 30.2 Å². The predicted octanol–water partition coefficient (Wildman–Crippen LogP) is 2.27. The maximum absolute atomic E-state index is 10.9. The molecule has 2 aliphatic rings. The van der Waals surface area contributed by atoms with Gasteiger partial charge in [0.25, 0.3) is 11.4 Å². The summed E-state index contributed by atoms with van der Waals surface area (Å²) in [5, 5.41) is 60.5. The van der Waals surface area contributed by atoms with Gasteiger partial charge in [-0.2, -0.15) is 0 Å². The lowest BCUT2D eigenvalue weighted by Crippen LogP contribution is -2.34. The molecule has 0 amide bonds. The fourth-order valence-corrected chi connectivity index (χ4v) is 4.36. The maximum atomic E-state index is 10.9. The molecule has 0 saturated carbocycles. The number of aliphatic hydroxyl groups excluding tert-OH is 4. The minimum Gasteiger partial charge on any atom is -0.390 e. The van der Waals surface area contributed by atoms with Crippen LogP contribution in [0.25, 0.3) is 11.1 Å². The molecule has 0 unspecified atom stereocenters. The van der Waals surface area contributed by atoms with Crippen molar-refractivity contribution in [2.24, 2.45) is 11.8 Å². The fourth-order valence-electron chi connectivity index (χ4n) is 4.36. The van der Waals surface area contributed by atoms with Gasteiger partial charge in [-0.15, -0.1) is 0 Å². The summed E-state index contributed by atoms with van der Waals surface area (Å²) in [5.74, 6) is -0.291. The first-order valence-electron chi connectivity index (χ1n) is 11.3. The van der Waals surface area contributed by atoms with Crippen LogP contribution in [0.1, 0.15) is 37.8 Å². The molecule has 12 nitrogen and oxygen atoms in total. The Labute approximate surface area is 206 Å². The van der Waals surface area contributed by atoms with Crippen LogP contribution < -0.4 is 0 Å². The lowest BCUT2D eigenvalue weighted by atomic mass is 9.83. The first-order valence-corrected chi connectivity index (χ1v) is 11.3. The molecule has 0 saturated heterocycles. The SMILES string of the molecule is C[C@H]1CC(c2ccncc2[N+](=O)[O-])=C[C@@H](O)[C@@H]1O.C[C@H]1CC(c2ccncc2[N+](=O)[O-])=C[C@H](O)[C@@H]1O. The molecule has 2 aromatic rings. The molecule has 192 valence electrons. The van der Waals surface area contributed by atoms with Crippen molar-refractivity contribution in [2.45, 2.75) is 51.1 Å². The zero-order valence-corrected chi connectivity index (χ0v) is 19.7. The Morgan fingerprint density at radius 1 is 0.750 bits per heavy atom. The van der Waals surface area contributed by atoms with Crippen LogP contribution in [0.15, 0.2) is 49.1 Å². The zero-order valence-electron chi connectivity index (χ0n) is 19.7. The third-order valence-corrected chi connectivity index (χ3v) is 6.38. The van der Waals surface area contributed by atoms with Gasteiger partial charge in [-0.25, -0.2) is 0 Å². The number of nitrogens with zero attached hydrogens (tertiary/aromatic N) is 4. The molecule has 12 heteroatoms. The predicted molar refractivity (Wildman–Crippen MR) is 129 cm³/mol. The second kappa shape index (κ2) is 11.4. The Balaban J connectivity index is 0.000000201. The van der Waals surface area contributed by atoms with Crippen molar-refractivity contribution < 1.29 is 30.3 Å². The van der Waals surface area contributed by atoms with E-state index in [4.69, 9.17) is 0 Å². The number of aliphatic hydroxyl groups is 4. The molecule has 2 heterocycles. The van der Waals surface area contributed by atoms with E-state index >= 15 is 0 Å². The van der Waals surface area contributed by atoms with Crippen LogP contribution in [-0.4, -0.2) is 64.7 Å². The molecule has 4 rings (SSSR count). The molecule has 4 N–H and O–H groups in total. The molecule has 0 bridgehead atoms. The highest BCUT2D eigenvalue weighted by atomic mass is 16.6. The van der Waals surface area contributed by atoms with Gasteiger partial charge in [0.1, 0.15) is 12.4 Å². The summed E-state index contributed by atoms with van der Waals surface area (Å²) in [6, 6.07) is 3.11. The molecule has 2 aromatic heterocycles. The molecule has 0 aliphatic heterocycles. The fraction of sp³-hybridized carbons (Fsp3) is 0.417. The highest BCUT2D eigenvalue weighted by molar-refractivity contribution is 5.74. The number of nitro groups is 2. The van der Waals surface area contributed by atoms with Crippen molar-refractivity contribution in [3.05, 3.63) is 80.4 Å². The average Bonchev–Trinajstić information content (AvgIpc) is 2.85. The largest absolute Gasteiger partial charge is 0.390 e. The Hall–Kier alpha value is -3.58. The van der Waals surface area contributed by atoms with Gasteiger partial charge in [-0.1, -0.05) is 13.8 Å². The Kier molecular flexibility index (Phi) is 8.58. The molecular formula is C24H28N4O8. The average molecular weight is 501 g/mol. The number of pyridine rings is 2. The molecule has 0 aromatic carbocycles. The summed E-state index contributed by atoms with van der Waals surface area (Å²) in [5.41, 5.74) is 2.09. The van der Waals surface area contributed by atoms with Crippen molar-refractivity contribution in [1.82, 2.24) is 9.97 Å². The van der Waals surface area contributed by atoms with Crippen molar-refractivity contribution in [3.63, 3.8) is 0 Å². The quantitative estimate of drug-likeness (QED) is 0.357. The van der Waals surface area contributed by atoms with Crippen LogP contribution >= 0.6 is 0 Å². The Morgan fingerprint density at radius 2 is 1.11 bits per heavy atom. The second-order valence-electron chi connectivity index (χ2n) is 9.01. The van der Waals surface area contributed by atoms with E-state index in [1.807, 2.05) is 0 Å². The van der Waals surface area contributed by atoms with Gasteiger partial charge in [-0.05, 0) is 60.1 Å². The number of aromatic nitrogens is 2. The van der Waals surface area contributed by atoms with Crippen molar-refractivity contribution in [1.29, 1.82) is 0 Å². The van der Waals surface area contributed by atoms with Crippen LogP contribution in [-0.2, 0) is 0 Å². The third-order valence-electron chi connectivity index (χ3n) is 6.38. The Bertz CT molecular complexity index is 1090. The lowest BCUT2D eigenvalue weighted by Gasteiger charge is -2.28. The summed E-state index contributed by atoms with van der Waals surface area (Å²) in [4.78, 5) is 28.3. The summed E-state index contributed by atoms with van der Waals surface area (Å²) in [6.45, 7) is 3.60. The molecule has 0 radical (unpaired) electrons. The monoisotopic (exact) mass is 500 g/mol. The molecule has 0 spiro atoms. The van der Waals surface area contributed by atoms with E-state index in [1.54, 1.807) is 26.0 Å². The summed E-state index contributed by atoms with van der Waals surface area (Å²) < 4.78 is 0. The van der Waals surface area contributed by atoms with E-state index in [0.717, 1.165) is 0 Å². The smallest absolute Gasteiger partial charge is 0.294 e. The molecule has 2 aliphatic carbocycles. The van der Waals surface area contributed by atoms with Gasteiger partial charge in [0, 0.05) is 12.4 Å². The van der Waals surface area contributed by atoms with Gasteiger partial charge in [0.15, 0.2) is 0 Å². The van der Waals surface area contributed by atoms with Gasteiger partial charge in [0.2, 0.25) is 0 Å². The molecular weight excluding hydrogens is 472 g/mol. The lowest BCUT2D eigenvalue weighted by molar-refractivity contribution is -0.385. The standard InChI is InChI=1S/2C12H14N2O4/c2*1-7-4-8(5-11(15)12(7)16)9-2-3-13-6-10(9)14(17)18/h2*2-3,5-7,11-12,15-16H,4H2,1H3/t7-,11+,12+;7-,11-,12+/m00/s1. The second-order valence-corrected chi connectivity index (χ2v) is 9.01.